The van der Waals surface area contributed by atoms with Crippen molar-refractivity contribution in [2.24, 2.45) is 0 Å². The monoisotopic (exact) mass is 778 g/mol. The number of anilines is 3. The molecule has 0 atom stereocenters. The van der Waals surface area contributed by atoms with Gasteiger partial charge in [-0.25, -0.2) is 0 Å². The highest BCUT2D eigenvalue weighted by Crippen LogP contribution is 2.49. The molecular weight excluding hydrogens is 741 g/mol. The van der Waals surface area contributed by atoms with Crippen molar-refractivity contribution in [3.63, 3.8) is 0 Å². The van der Waals surface area contributed by atoms with E-state index < -0.39 is 0 Å². The molecule has 0 saturated carbocycles. The second-order valence-corrected chi connectivity index (χ2v) is 15.6. The molecule has 0 spiro atoms. The SMILES string of the molecule is c1ccc(-c2ccc(N(c3cc(-c4cccc5c6ccccc6n(-c6ccccc6)c45)c4c(c3)oc3ccc5ccccc5c34)c3ccccc3-c3ccccc3)cc2)cc1. The summed E-state index contributed by atoms with van der Waals surface area (Å²) in [6, 6.07) is 82.8. The first-order valence-corrected chi connectivity index (χ1v) is 20.8. The lowest BCUT2D eigenvalue weighted by molar-refractivity contribution is 0.669. The zero-order valence-corrected chi connectivity index (χ0v) is 33.2. The Morgan fingerprint density at radius 3 is 1.79 bits per heavy atom. The lowest BCUT2D eigenvalue weighted by Gasteiger charge is -2.29. The number of hydrogen-bond donors (Lipinski definition) is 0. The molecule has 3 nitrogen and oxygen atoms in total. The number of fused-ring (bicyclic) bond motifs is 8. The molecule has 0 amide bonds. The van der Waals surface area contributed by atoms with Crippen LogP contribution in [0.25, 0.3) is 93.6 Å². The number of hydrogen-bond acceptors (Lipinski definition) is 2. The Hall–Kier alpha value is -8.14. The Kier molecular flexibility index (Phi) is 8.17. The van der Waals surface area contributed by atoms with E-state index in [9.17, 15) is 0 Å². The molecule has 0 aliphatic carbocycles. The van der Waals surface area contributed by atoms with Crippen LogP contribution in [0.15, 0.2) is 235 Å². The Morgan fingerprint density at radius 2 is 0.984 bits per heavy atom. The van der Waals surface area contributed by atoms with E-state index in [0.29, 0.717) is 0 Å². The second kappa shape index (κ2) is 14.3. The van der Waals surface area contributed by atoms with E-state index >= 15 is 0 Å². The summed E-state index contributed by atoms with van der Waals surface area (Å²) < 4.78 is 9.46. The van der Waals surface area contributed by atoms with Gasteiger partial charge in [0.2, 0.25) is 0 Å². The van der Waals surface area contributed by atoms with Gasteiger partial charge in [-0.1, -0.05) is 176 Å². The van der Waals surface area contributed by atoms with E-state index in [1.165, 1.54) is 38.2 Å². The molecule has 0 fully saturated rings. The average Bonchev–Trinajstić information content (AvgIpc) is 3.89. The van der Waals surface area contributed by atoms with Crippen LogP contribution in [-0.2, 0) is 0 Å². The van der Waals surface area contributed by atoms with Gasteiger partial charge in [0.05, 0.1) is 22.4 Å². The van der Waals surface area contributed by atoms with Crippen molar-refractivity contribution in [2.45, 2.75) is 0 Å². The Balaban J connectivity index is 1.20. The first-order chi connectivity index (χ1) is 30.3. The number of aromatic nitrogens is 1. The molecule has 0 saturated heterocycles. The van der Waals surface area contributed by atoms with Gasteiger partial charge in [0, 0.05) is 50.1 Å². The summed E-state index contributed by atoms with van der Waals surface area (Å²) in [7, 11) is 0. The predicted molar refractivity (Wildman–Crippen MR) is 257 cm³/mol. The lowest BCUT2D eigenvalue weighted by Crippen LogP contribution is -2.11. The minimum atomic E-state index is 0.835. The molecule has 0 radical (unpaired) electrons. The highest BCUT2D eigenvalue weighted by Gasteiger charge is 2.25. The Bertz CT molecular complexity index is 3570. The largest absolute Gasteiger partial charge is 0.456 e. The quantitative estimate of drug-likeness (QED) is 0.161. The summed E-state index contributed by atoms with van der Waals surface area (Å²) in [4.78, 5) is 2.40. The van der Waals surface area contributed by atoms with Gasteiger partial charge in [-0.2, -0.15) is 0 Å². The highest BCUT2D eigenvalue weighted by atomic mass is 16.3. The summed E-state index contributed by atoms with van der Waals surface area (Å²) in [5, 5.41) is 7.00. The van der Waals surface area contributed by atoms with Crippen LogP contribution < -0.4 is 4.90 Å². The third-order valence-electron chi connectivity index (χ3n) is 12.2. The van der Waals surface area contributed by atoms with Gasteiger partial charge in [0.15, 0.2) is 0 Å². The zero-order chi connectivity index (χ0) is 40.3. The van der Waals surface area contributed by atoms with Crippen molar-refractivity contribution in [2.75, 3.05) is 4.90 Å². The van der Waals surface area contributed by atoms with Crippen LogP contribution in [0.4, 0.5) is 17.1 Å². The topological polar surface area (TPSA) is 21.3 Å². The molecule has 0 bridgehead atoms. The summed E-state index contributed by atoms with van der Waals surface area (Å²) in [6.45, 7) is 0. The van der Waals surface area contributed by atoms with Crippen molar-refractivity contribution in [3.8, 4) is 39.1 Å². The second-order valence-electron chi connectivity index (χ2n) is 15.6. The molecule has 2 heterocycles. The third-order valence-corrected chi connectivity index (χ3v) is 12.2. The van der Waals surface area contributed by atoms with E-state index in [-0.39, 0.29) is 0 Å². The van der Waals surface area contributed by atoms with Crippen LogP contribution in [0.3, 0.4) is 0 Å². The minimum absolute atomic E-state index is 0.835. The Morgan fingerprint density at radius 1 is 0.361 bits per heavy atom. The first kappa shape index (κ1) is 34.9. The molecule has 0 aliphatic heterocycles. The molecule has 0 N–H and O–H groups in total. The fraction of sp³-hybridized carbons (Fsp3) is 0. The van der Waals surface area contributed by atoms with Gasteiger partial charge in [0.25, 0.3) is 0 Å². The molecule has 61 heavy (non-hydrogen) atoms. The van der Waals surface area contributed by atoms with Crippen molar-refractivity contribution in [1.82, 2.24) is 4.57 Å². The van der Waals surface area contributed by atoms with Gasteiger partial charge in [-0.05, 0) is 81.6 Å². The van der Waals surface area contributed by atoms with Crippen LogP contribution >= 0.6 is 0 Å². The van der Waals surface area contributed by atoms with Gasteiger partial charge in [-0.3, -0.25) is 0 Å². The molecular formula is C58H38N2O. The normalized spacial score (nSPS) is 11.6. The van der Waals surface area contributed by atoms with Crippen LogP contribution in [0, 0.1) is 0 Å². The Labute approximate surface area is 353 Å². The number of furan rings is 1. The van der Waals surface area contributed by atoms with E-state index in [1.807, 2.05) is 0 Å². The maximum Gasteiger partial charge on any atom is 0.138 e. The van der Waals surface area contributed by atoms with E-state index in [1.54, 1.807) is 0 Å². The summed E-state index contributed by atoms with van der Waals surface area (Å²) >= 11 is 0. The summed E-state index contributed by atoms with van der Waals surface area (Å²) in [5.41, 5.74) is 15.2. The molecule has 12 rings (SSSR count). The minimum Gasteiger partial charge on any atom is -0.456 e. The molecule has 2 aromatic heterocycles. The van der Waals surface area contributed by atoms with Gasteiger partial charge < -0.3 is 13.9 Å². The predicted octanol–water partition coefficient (Wildman–Crippen LogP) is 16.3. The maximum atomic E-state index is 7.03. The smallest absolute Gasteiger partial charge is 0.138 e. The molecule has 0 aliphatic rings. The first-order valence-electron chi connectivity index (χ1n) is 20.8. The number of benzene rings is 10. The maximum absolute atomic E-state index is 7.03. The van der Waals surface area contributed by atoms with E-state index in [2.05, 4.69) is 240 Å². The van der Waals surface area contributed by atoms with Crippen LogP contribution in [0.5, 0.6) is 0 Å². The van der Waals surface area contributed by atoms with Gasteiger partial charge >= 0.3 is 0 Å². The van der Waals surface area contributed by atoms with Crippen molar-refractivity contribution in [1.29, 1.82) is 0 Å². The van der Waals surface area contributed by atoms with Crippen LogP contribution in [-0.4, -0.2) is 4.57 Å². The van der Waals surface area contributed by atoms with Gasteiger partial charge in [0.1, 0.15) is 11.2 Å². The van der Waals surface area contributed by atoms with E-state index in [4.69, 9.17) is 4.42 Å². The zero-order valence-electron chi connectivity index (χ0n) is 33.2. The fourth-order valence-electron chi connectivity index (χ4n) is 9.47. The average molecular weight is 779 g/mol. The van der Waals surface area contributed by atoms with Crippen LogP contribution in [0.2, 0.25) is 0 Å². The molecule has 12 aromatic rings. The molecule has 286 valence electrons. The molecule has 0 unspecified atom stereocenters. The molecule has 10 aromatic carbocycles. The lowest BCUT2D eigenvalue weighted by atomic mass is 9.94. The third kappa shape index (κ3) is 5.74. The number of para-hydroxylation sites is 4. The van der Waals surface area contributed by atoms with Crippen LogP contribution in [0.1, 0.15) is 0 Å². The van der Waals surface area contributed by atoms with E-state index in [0.717, 1.165) is 72.5 Å². The summed E-state index contributed by atoms with van der Waals surface area (Å²) in [5.74, 6) is 0. The van der Waals surface area contributed by atoms with Crippen molar-refractivity contribution < 1.29 is 4.42 Å². The fourth-order valence-corrected chi connectivity index (χ4v) is 9.47. The highest BCUT2D eigenvalue weighted by molar-refractivity contribution is 6.25. The number of rotatable bonds is 7. The standard InChI is InChI=1S/C58H38N2O/c1-4-17-39(18-5-1)40-31-34-44(35-32-40)59(52-29-14-12-24-46(52)41-19-6-2-7-20-41)45-37-51(57-55(38-45)61-54-36-33-42-21-10-11-25-47(42)56(54)57)50-28-16-27-49-48-26-13-15-30-53(48)60(58(49)50)43-22-8-3-9-23-43/h1-38H. The van der Waals surface area contributed by atoms with Gasteiger partial charge in [-0.15, -0.1) is 0 Å². The summed E-state index contributed by atoms with van der Waals surface area (Å²) in [6.07, 6.45) is 0. The van der Waals surface area contributed by atoms with Crippen molar-refractivity contribution >= 4 is 71.6 Å². The number of nitrogens with zero attached hydrogens (tertiary/aromatic N) is 2. The molecule has 3 heteroatoms. The van der Waals surface area contributed by atoms with Crippen molar-refractivity contribution in [3.05, 3.63) is 231 Å².